The molecule has 0 amide bonds. The van der Waals surface area contributed by atoms with Gasteiger partial charge in [0.05, 0.1) is 11.2 Å². The third-order valence-electron chi connectivity index (χ3n) is 5.89. The van der Waals surface area contributed by atoms with Gasteiger partial charge in [-0.25, -0.2) is 0 Å². The van der Waals surface area contributed by atoms with E-state index in [0.29, 0.717) is 0 Å². The van der Waals surface area contributed by atoms with Crippen LogP contribution in [0.25, 0.3) is 21.9 Å². The van der Waals surface area contributed by atoms with Gasteiger partial charge in [0.25, 0.3) is 0 Å². The van der Waals surface area contributed by atoms with Crippen molar-refractivity contribution >= 4 is 23.4 Å². The van der Waals surface area contributed by atoms with E-state index in [1.165, 1.54) is 5.56 Å². The Kier molecular flexibility index (Phi) is 3.14. The third-order valence-corrected chi connectivity index (χ3v) is 5.89. The highest BCUT2D eigenvalue weighted by atomic mass is 16.7. The van der Waals surface area contributed by atoms with Crippen molar-refractivity contribution in [3.8, 4) is 22.6 Å². The molecule has 130 valence electrons. The molecule has 0 unspecified atom stereocenters. The summed E-state index contributed by atoms with van der Waals surface area (Å²) in [6, 6.07) is 18.7. The molecule has 1 fully saturated rings. The topological polar surface area (TPSA) is 27.7 Å². The highest BCUT2D eigenvalue weighted by Crippen LogP contribution is 2.46. The fourth-order valence-corrected chi connectivity index (χ4v) is 3.73. The SMILES string of the molecule is CC1(C)OB(c2cc3c4c(cccc4c2)-c2ccccc2O3)OC1(C)C. The molecule has 5 rings (SSSR count). The van der Waals surface area contributed by atoms with Gasteiger partial charge in [0.15, 0.2) is 0 Å². The molecule has 2 aliphatic heterocycles. The van der Waals surface area contributed by atoms with Gasteiger partial charge in [-0.05, 0) is 56.2 Å². The fourth-order valence-electron chi connectivity index (χ4n) is 3.73. The molecule has 0 saturated carbocycles. The molecule has 0 aliphatic carbocycles. The van der Waals surface area contributed by atoms with Crippen LogP contribution in [0.4, 0.5) is 0 Å². The first kappa shape index (κ1) is 15.9. The predicted molar refractivity (Wildman–Crippen MR) is 105 cm³/mol. The number of hydrogen-bond acceptors (Lipinski definition) is 3. The molecule has 0 N–H and O–H groups in total. The zero-order valence-electron chi connectivity index (χ0n) is 15.5. The predicted octanol–water partition coefficient (Wildman–Crippen LogP) is 4.91. The van der Waals surface area contributed by atoms with E-state index in [0.717, 1.165) is 33.3 Å². The van der Waals surface area contributed by atoms with Crippen molar-refractivity contribution in [2.75, 3.05) is 0 Å². The van der Waals surface area contributed by atoms with E-state index >= 15 is 0 Å². The molecule has 0 bridgehead atoms. The van der Waals surface area contributed by atoms with Gasteiger partial charge in [-0.1, -0.05) is 42.5 Å². The molecule has 2 heterocycles. The van der Waals surface area contributed by atoms with Crippen LogP contribution in [0.3, 0.4) is 0 Å². The number of hydrogen-bond donors (Lipinski definition) is 0. The van der Waals surface area contributed by atoms with E-state index < -0.39 is 7.12 Å². The van der Waals surface area contributed by atoms with Crippen molar-refractivity contribution in [3.63, 3.8) is 0 Å². The smallest absolute Gasteiger partial charge is 0.456 e. The van der Waals surface area contributed by atoms with Crippen LogP contribution >= 0.6 is 0 Å². The second kappa shape index (κ2) is 5.12. The number of fused-ring (bicyclic) bond motifs is 2. The lowest BCUT2D eigenvalue weighted by Gasteiger charge is -2.32. The van der Waals surface area contributed by atoms with Gasteiger partial charge < -0.3 is 14.0 Å². The molecule has 1 saturated heterocycles. The Morgan fingerprint density at radius 1 is 0.731 bits per heavy atom. The summed E-state index contributed by atoms with van der Waals surface area (Å²) in [6.45, 7) is 8.29. The fraction of sp³-hybridized carbons (Fsp3) is 0.273. The molecule has 0 aromatic heterocycles. The summed E-state index contributed by atoms with van der Waals surface area (Å²) in [6.07, 6.45) is 0. The van der Waals surface area contributed by atoms with Crippen molar-refractivity contribution in [2.24, 2.45) is 0 Å². The molecule has 0 radical (unpaired) electrons. The minimum Gasteiger partial charge on any atom is -0.456 e. The largest absolute Gasteiger partial charge is 0.494 e. The summed E-state index contributed by atoms with van der Waals surface area (Å²) >= 11 is 0. The Morgan fingerprint density at radius 3 is 2.19 bits per heavy atom. The first-order valence-electron chi connectivity index (χ1n) is 9.05. The lowest BCUT2D eigenvalue weighted by molar-refractivity contribution is 0.00578. The maximum absolute atomic E-state index is 6.24. The summed E-state index contributed by atoms with van der Waals surface area (Å²) in [5.74, 6) is 1.75. The number of ether oxygens (including phenoxy) is 1. The molecular weight excluding hydrogens is 323 g/mol. The van der Waals surface area contributed by atoms with Gasteiger partial charge in [-0.15, -0.1) is 0 Å². The quantitative estimate of drug-likeness (QED) is 0.459. The van der Waals surface area contributed by atoms with Crippen molar-refractivity contribution in [3.05, 3.63) is 54.6 Å². The van der Waals surface area contributed by atoms with Crippen LogP contribution in [0.15, 0.2) is 54.6 Å². The molecule has 3 nitrogen and oxygen atoms in total. The number of benzene rings is 3. The van der Waals surface area contributed by atoms with Gasteiger partial charge in [0.2, 0.25) is 0 Å². The summed E-state index contributed by atoms with van der Waals surface area (Å²) in [4.78, 5) is 0. The van der Waals surface area contributed by atoms with Crippen LogP contribution < -0.4 is 10.2 Å². The number of rotatable bonds is 1. The highest BCUT2D eigenvalue weighted by molar-refractivity contribution is 6.62. The van der Waals surface area contributed by atoms with Crippen LogP contribution in [-0.2, 0) is 9.31 Å². The Morgan fingerprint density at radius 2 is 1.42 bits per heavy atom. The second-order valence-electron chi connectivity index (χ2n) is 8.11. The first-order chi connectivity index (χ1) is 12.4. The average Bonchev–Trinajstić information content (AvgIpc) is 2.83. The molecule has 4 heteroatoms. The Labute approximate surface area is 154 Å². The lowest BCUT2D eigenvalue weighted by Crippen LogP contribution is -2.41. The van der Waals surface area contributed by atoms with Crippen molar-refractivity contribution in [1.29, 1.82) is 0 Å². The Hall–Kier alpha value is -2.30. The molecule has 3 aromatic rings. The maximum Gasteiger partial charge on any atom is 0.494 e. The van der Waals surface area contributed by atoms with E-state index in [2.05, 4.69) is 64.1 Å². The highest BCUT2D eigenvalue weighted by Gasteiger charge is 2.51. The molecule has 26 heavy (non-hydrogen) atoms. The van der Waals surface area contributed by atoms with Crippen LogP contribution in [0, 0.1) is 0 Å². The molecule has 0 spiro atoms. The summed E-state index contributed by atoms with van der Waals surface area (Å²) in [5.41, 5.74) is 2.61. The lowest BCUT2D eigenvalue weighted by atomic mass is 9.77. The van der Waals surface area contributed by atoms with E-state index in [-0.39, 0.29) is 11.2 Å². The van der Waals surface area contributed by atoms with Crippen LogP contribution in [0.5, 0.6) is 11.5 Å². The monoisotopic (exact) mass is 344 g/mol. The van der Waals surface area contributed by atoms with E-state index in [1.807, 2.05) is 18.2 Å². The van der Waals surface area contributed by atoms with Crippen LogP contribution in [0.1, 0.15) is 27.7 Å². The molecule has 2 aliphatic rings. The van der Waals surface area contributed by atoms with Crippen LogP contribution in [-0.4, -0.2) is 18.3 Å². The summed E-state index contributed by atoms with van der Waals surface area (Å²) in [5, 5.41) is 2.28. The van der Waals surface area contributed by atoms with Gasteiger partial charge in [0, 0.05) is 10.9 Å². The van der Waals surface area contributed by atoms with E-state index in [1.54, 1.807) is 0 Å². The van der Waals surface area contributed by atoms with Gasteiger partial charge in [0.1, 0.15) is 11.5 Å². The van der Waals surface area contributed by atoms with Gasteiger partial charge >= 0.3 is 7.12 Å². The van der Waals surface area contributed by atoms with Gasteiger partial charge in [-0.3, -0.25) is 0 Å². The second-order valence-corrected chi connectivity index (χ2v) is 8.11. The number of para-hydroxylation sites is 1. The van der Waals surface area contributed by atoms with Crippen molar-refractivity contribution in [2.45, 2.75) is 38.9 Å². The maximum atomic E-state index is 6.24. The van der Waals surface area contributed by atoms with E-state index in [9.17, 15) is 0 Å². The zero-order chi connectivity index (χ0) is 18.1. The molecule has 3 aromatic carbocycles. The van der Waals surface area contributed by atoms with Crippen molar-refractivity contribution in [1.82, 2.24) is 0 Å². The van der Waals surface area contributed by atoms with E-state index in [4.69, 9.17) is 14.0 Å². The standard InChI is InChI=1S/C22H21BO3/c1-21(2)22(3,4)26-23(25-21)15-12-14-8-7-10-17-16-9-5-6-11-18(16)24-19(13-15)20(14)17/h5-13H,1-4H3. The minimum atomic E-state index is -0.398. The minimum absolute atomic E-state index is 0.362. The summed E-state index contributed by atoms with van der Waals surface area (Å²) in [7, 11) is -0.398. The average molecular weight is 344 g/mol. The third kappa shape index (κ3) is 2.16. The normalized spacial score (nSPS) is 19.3. The first-order valence-corrected chi connectivity index (χ1v) is 9.05. The molecule has 0 atom stereocenters. The Bertz CT molecular complexity index is 1020. The zero-order valence-corrected chi connectivity index (χ0v) is 15.5. The van der Waals surface area contributed by atoms with Gasteiger partial charge in [-0.2, -0.15) is 0 Å². The van der Waals surface area contributed by atoms with Crippen LogP contribution in [0.2, 0.25) is 0 Å². The molecular formula is C22H21BO3. The Balaban J connectivity index is 1.68. The summed E-state index contributed by atoms with van der Waals surface area (Å²) < 4.78 is 18.7. The van der Waals surface area contributed by atoms with Crippen molar-refractivity contribution < 1.29 is 14.0 Å².